The van der Waals surface area contributed by atoms with Gasteiger partial charge in [0.2, 0.25) is 5.75 Å². The van der Waals surface area contributed by atoms with Crippen LogP contribution in [0.15, 0.2) is 67.0 Å². The van der Waals surface area contributed by atoms with E-state index in [1.807, 2.05) is 43.4 Å². The monoisotopic (exact) mass is 767 g/mol. The van der Waals surface area contributed by atoms with E-state index >= 15 is 0 Å². The summed E-state index contributed by atoms with van der Waals surface area (Å²) in [5.41, 5.74) is 5.37. The van der Waals surface area contributed by atoms with Crippen LogP contribution < -0.4 is 15.0 Å². The smallest absolute Gasteiger partial charge is 0.201 e. The summed E-state index contributed by atoms with van der Waals surface area (Å²) < 4.78 is 12.5. The Balaban J connectivity index is 1.15. The molecule has 10 nitrogen and oxygen atoms in total. The van der Waals surface area contributed by atoms with Gasteiger partial charge >= 0.3 is 0 Å². The van der Waals surface area contributed by atoms with E-state index in [9.17, 15) is 30.6 Å². The number of aliphatic hydroxyl groups is 3. The molecule has 4 aromatic rings. The van der Waals surface area contributed by atoms with Gasteiger partial charge in [0.1, 0.15) is 5.75 Å². The van der Waals surface area contributed by atoms with Crippen molar-refractivity contribution in [3.8, 4) is 23.0 Å². The molecule has 0 unspecified atom stereocenters. The van der Waals surface area contributed by atoms with Crippen molar-refractivity contribution in [1.82, 2.24) is 10.3 Å². The highest BCUT2D eigenvalue weighted by Crippen LogP contribution is 2.53. The van der Waals surface area contributed by atoms with Crippen LogP contribution in [-0.2, 0) is 24.2 Å². The predicted octanol–water partition coefficient (Wildman–Crippen LogP) is 6.73. The third-order valence-electron chi connectivity index (χ3n) is 13.3. The number of phenols is 3. The minimum absolute atomic E-state index is 0.0231. The second-order valence-electron chi connectivity index (χ2n) is 16.5. The van der Waals surface area contributed by atoms with Gasteiger partial charge in [-0.3, -0.25) is 0 Å². The quantitative estimate of drug-likeness (QED) is 0.0685. The summed E-state index contributed by atoms with van der Waals surface area (Å²) in [5.74, 6) is 0.0733. The zero-order valence-corrected chi connectivity index (χ0v) is 32.7. The van der Waals surface area contributed by atoms with E-state index in [1.54, 1.807) is 12.4 Å². The van der Waals surface area contributed by atoms with Gasteiger partial charge in [-0.25, -0.2) is 0 Å². The van der Waals surface area contributed by atoms with Gasteiger partial charge in [0.25, 0.3) is 0 Å². The van der Waals surface area contributed by atoms with Crippen molar-refractivity contribution < 1.29 is 40.1 Å². The first kappa shape index (κ1) is 40.1. The molecule has 0 bridgehead atoms. The fourth-order valence-corrected chi connectivity index (χ4v) is 10.3. The van der Waals surface area contributed by atoms with Gasteiger partial charge in [-0.05, 0) is 130 Å². The van der Waals surface area contributed by atoms with Crippen molar-refractivity contribution in [3.63, 3.8) is 0 Å². The molecule has 2 saturated carbocycles. The molecular formula is C46H59N2O8-. The van der Waals surface area contributed by atoms with Crippen molar-refractivity contribution in [2.45, 2.75) is 113 Å². The number of benzene rings is 3. The largest absolute Gasteiger partial charge is 0.670 e. The molecule has 10 heteroatoms. The van der Waals surface area contributed by atoms with E-state index < -0.39 is 36.4 Å². The average Bonchev–Trinajstić information content (AvgIpc) is 3.74. The molecule has 56 heavy (non-hydrogen) atoms. The normalized spacial score (nSPS) is 27.1. The van der Waals surface area contributed by atoms with E-state index in [2.05, 4.69) is 28.5 Å². The Kier molecular flexibility index (Phi) is 12.9. The number of aromatic nitrogens is 1. The second-order valence-corrected chi connectivity index (χ2v) is 16.5. The number of aliphatic hydroxyl groups excluding tert-OH is 3. The van der Waals surface area contributed by atoms with Gasteiger partial charge in [0, 0.05) is 23.5 Å². The molecule has 1 saturated heterocycles. The van der Waals surface area contributed by atoms with Gasteiger partial charge in [-0.2, -0.15) is 12.4 Å². The first-order valence-electron chi connectivity index (χ1n) is 20.5. The number of aromatic hydroxyl groups is 3. The summed E-state index contributed by atoms with van der Waals surface area (Å²) in [7, 11) is 3.41. The summed E-state index contributed by atoms with van der Waals surface area (Å²) in [5, 5.41) is 70.6. The Hall–Kier alpha value is -4.06. The highest BCUT2D eigenvalue weighted by Gasteiger charge is 2.45. The van der Waals surface area contributed by atoms with E-state index in [1.165, 1.54) is 12.7 Å². The lowest BCUT2D eigenvalue weighted by Gasteiger charge is -2.46. The maximum absolute atomic E-state index is 11.7. The molecule has 2 aliphatic carbocycles. The number of methoxy groups -OCH3 is 1. The van der Waals surface area contributed by atoms with Gasteiger partial charge in [-0.1, -0.05) is 54.1 Å². The molecule has 1 aliphatic heterocycles. The van der Waals surface area contributed by atoms with Crippen molar-refractivity contribution in [3.05, 3.63) is 106 Å². The maximum Gasteiger partial charge on any atom is 0.201 e. The molecule has 0 radical (unpaired) electrons. The lowest BCUT2D eigenvalue weighted by atomic mass is 9.66. The summed E-state index contributed by atoms with van der Waals surface area (Å²) in [6.07, 6.45) is 9.55. The zero-order valence-electron chi connectivity index (χ0n) is 32.7. The molecule has 302 valence electrons. The molecule has 3 aliphatic rings. The Morgan fingerprint density at radius 2 is 1.75 bits per heavy atom. The van der Waals surface area contributed by atoms with Gasteiger partial charge in [-0.15, -0.1) is 0 Å². The van der Waals surface area contributed by atoms with Crippen LogP contribution in [0.1, 0.15) is 115 Å². The summed E-state index contributed by atoms with van der Waals surface area (Å²) in [4.78, 5) is 4.19. The third kappa shape index (κ3) is 8.46. The number of fused-ring (bicyclic) bond motifs is 1. The predicted molar refractivity (Wildman–Crippen MR) is 214 cm³/mol. The molecule has 9 atom stereocenters. The number of hydrogen-bond donors (Lipinski definition) is 7. The topological polar surface area (TPSA) is 166 Å². The summed E-state index contributed by atoms with van der Waals surface area (Å²) in [6.45, 7) is 0.400. The molecule has 7 rings (SSSR count). The minimum Gasteiger partial charge on any atom is -0.670 e. The molecule has 1 aromatic heterocycles. The number of nitrogens with zero attached hydrogens (tertiary/aromatic N) is 1. The maximum atomic E-state index is 11.7. The molecule has 3 aromatic carbocycles. The van der Waals surface area contributed by atoms with E-state index in [4.69, 9.17) is 9.47 Å². The van der Waals surface area contributed by atoms with E-state index in [0.717, 1.165) is 68.2 Å². The van der Waals surface area contributed by atoms with Crippen LogP contribution in [0.3, 0.4) is 0 Å². The number of hydrogen-bond acceptors (Lipinski definition) is 9. The number of nitrogens with one attached hydrogen (secondary N) is 1. The Morgan fingerprint density at radius 3 is 2.48 bits per heavy atom. The van der Waals surface area contributed by atoms with Crippen LogP contribution in [-0.4, -0.2) is 69.7 Å². The first-order chi connectivity index (χ1) is 27.2. The number of rotatable bonds is 14. The second kappa shape index (κ2) is 18.0. The van der Waals surface area contributed by atoms with Crippen LogP contribution >= 0.6 is 0 Å². The van der Waals surface area contributed by atoms with Crippen molar-refractivity contribution in [1.29, 1.82) is 0 Å². The zero-order chi connectivity index (χ0) is 39.3. The SMILES string of the molecule is CNCC[C@@H]1CC[C@@H]([C@H](O)CCc2ccccc2)[C@@H](c2cc([C@@H]3CC[C@H]4[C@H](C3)O[C@H](c3c(CO)c(O)c(O)c(OC)c3Cc3cc[n-]c3)C[C@@H]4O)ccc2O)C1. The number of ether oxygens (including phenoxy) is 2. The molecule has 2 heterocycles. The molecule has 7 N–H and O–H groups in total. The standard InChI is InChI=1S/C46H59N2O8/c1-47-18-16-28-8-12-32(38(50)14-9-27-6-4-3-5-7-27)34(20-28)35-22-30(11-15-39(35)51)31-10-13-33-40(52)24-42(56-41(33)23-31)43-36(21-29-17-19-48-25-29)46(55-2)45(54)44(53)37(43)26-49/h3-7,11,15,17,19,22,25,28,31-34,38,40-42,47,49-54H,8-10,12-14,16,18,20-21,23-24,26H2,1-2H3/q-1/t28-,31+,32+,33+,34-,38+,40-,41-,42-/m0/s1. The Labute approximate surface area is 330 Å². The lowest BCUT2D eigenvalue weighted by Crippen LogP contribution is -2.44. The number of phenolic OH excluding ortho intramolecular Hbond substituents is 2. The fourth-order valence-electron chi connectivity index (χ4n) is 10.3. The van der Waals surface area contributed by atoms with E-state index in [0.29, 0.717) is 36.3 Å². The fraction of sp³-hybridized carbons (Fsp3) is 0.522. The third-order valence-corrected chi connectivity index (χ3v) is 13.3. The molecule has 0 spiro atoms. The molecule has 3 fully saturated rings. The lowest BCUT2D eigenvalue weighted by molar-refractivity contribution is -0.154. The van der Waals surface area contributed by atoms with Crippen LogP contribution in [0.2, 0.25) is 0 Å². The molecule has 0 amide bonds. The summed E-state index contributed by atoms with van der Waals surface area (Å²) in [6, 6.07) is 18.2. The average molecular weight is 768 g/mol. The highest BCUT2D eigenvalue weighted by atomic mass is 16.5. The van der Waals surface area contributed by atoms with Gasteiger partial charge in [0.15, 0.2) is 11.5 Å². The van der Waals surface area contributed by atoms with Crippen LogP contribution in [0.5, 0.6) is 23.0 Å². The highest BCUT2D eigenvalue weighted by molar-refractivity contribution is 5.64. The van der Waals surface area contributed by atoms with Crippen LogP contribution in [0.4, 0.5) is 0 Å². The van der Waals surface area contributed by atoms with Crippen LogP contribution in [0.25, 0.3) is 0 Å². The van der Waals surface area contributed by atoms with Crippen molar-refractivity contribution in [2.75, 3.05) is 20.7 Å². The number of aryl methyl sites for hydroxylation is 1. The van der Waals surface area contributed by atoms with Crippen LogP contribution in [0, 0.1) is 17.8 Å². The summed E-state index contributed by atoms with van der Waals surface area (Å²) >= 11 is 0. The minimum atomic E-state index is -0.674. The van der Waals surface area contributed by atoms with Crippen molar-refractivity contribution in [2.24, 2.45) is 17.8 Å². The van der Waals surface area contributed by atoms with Gasteiger partial charge < -0.3 is 50.4 Å². The first-order valence-corrected chi connectivity index (χ1v) is 20.5. The Morgan fingerprint density at radius 1 is 0.929 bits per heavy atom. The Bertz CT molecular complexity index is 1880. The van der Waals surface area contributed by atoms with Crippen molar-refractivity contribution >= 4 is 0 Å². The van der Waals surface area contributed by atoms with Gasteiger partial charge in [0.05, 0.1) is 38.1 Å². The van der Waals surface area contributed by atoms with E-state index in [-0.39, 0.29) is 53.3 Å². The molecular weight excluding hydrogens is 709 g/mol.